The minimum Gasteiger partial charge on any atom is -0.343 e. The number of hydrogen-bond acceptors (Lipinski definition) is 4. The fourth-order valence-electron chi connectivity index (χ4n) is 4.10. The molecule has 1 atom stereocenters. The van der Waals surface area contributed by atoms with Crippen molar-refractivity contribution in [1.82, 2.24) is 9.78 Å². The van der Waals surface area contributed by atoms with Crippen LogP contribution in [-0.2, 0) is 4.79 Å². The van der Waals surface area contributed by atoms with Gasteiger partial charge in [0.05, 0.1) is 6.20 Å². The Morgan fingerprint density at radius 2 is 1.87 bits per heavy atom. The molecule has 2 heterocycles. The Balaban J connectivity index is 1.58. The quantitative estimate of drug-likeness (QED) is 0.640. The number of anilines is 2. The normalized spacial score (nSPS) is 17.8. The summed E-state index contributed by atoms with van der Waals surface area (Å²) in [6.45, 7) is 0. The van der Waals surface area contributed by atoms with Gasteiger partial charge in [0.15, 0.2) is 5.78 Å². The molecule has 0 bridgehead atoms. The third-order valence-corrected chi connectivity index (χ3v) is 5.75. The first-order valence-corrected chi connectivity index (χ1v) is 10.2. The molecule has 0 radical (unpaired) electrons. The van der Waals surface area contributed by atoms with Crippen molar-refractivity contribution in [3.8, 4) is 0 Å². The average Bonchev–Trinajstić information content (AvgIpc) is 3.18. The number of nitrogens with zero attached hydrogens (tertiary/aromatic N) is 2. The number of aromatic nitrogens is 2. The third-order valence-electron chi connectivity index (χ3n) is 5.50. The number of nitrogens with one attached hydrogen (secondary N) is 2. The van der Waals surface area contributed by atoms with Crippen LogP contribution < -0.4 is 10.6 Å². The van der Waals surface area contributed by atoms with Gasteiger partial charge in [-0.3, -0.25) is 9.59 Å². The van der Waals surface area contributed by atoms with Crippen LogP contribution in [0.2, 0.25) is 5.02 Å². The maximum absolute atomic E-state index is 13.0. The van der Waals surface area contributed by atoms with E-state index in [0.29, 0.717) is 34.1 Å². The van der Waals surface area contributed by atoms with Gasteiger partial charge in [-0.2, -0.15) is 5.10 Å². The van der Waals surface area contributed by atoms with Crippen LogP contribution in [0.1, 0.15) is 41.2 Å². The largest absolute Gasteiger partial charge is 0.343 e. The number of carbonyl (C=O) groups excluding carboxylic acids is 2. The van der Waals surface area contributed by atoms with Crippen molar-refractivity contribution in [2.24, 2.45) is 0 Å². The standard InChI is InChI=1S/C23H19ClN4O2/c24-15-11-9-14(10-12-15)21-20-18(7-4-8-19(20)29)27-22-17(13-25-28(21)22)23(30)26-16-5-2-1-3-6-16/h1-3,5-6,9-13,21,27H,4,7-8H2,(H,26,30)/t21-/m0/s1. The first kappa shape index (κ1) is 18.6. The van der Waals surface area contributed by atoms with Crippen molar-refractivity contribution in [2.75, 3.05) is 10.6 Å². The molecule has 2 aromatic carbocycles. The fraction of sp³-hybridized carbons (Fsp3) is 0.174. The van der Waals surface area contributed by atoms with Gasteiger partial charge in [-0.05, 0) is 42.7 Å². The molecule has 1 aliphatic heterocycles. The molecule has 0 fully saturated rings. The van der Waals surface area contributed by atoms with Crippen molar-refractivity contribution in [1.29, 1.82) is 0 Å². The lowest BCUT2D eigenvalue weighted by molar-refractivity contribution is -0.116. The predicted octanol–water partition coefficient (Wildman–Crippen LogP) is 4.81. The highest BCUT2D eigenvalue weighted by atomic mass is 35.5. The Kier molecular flexibility index (Phi) is 4.64. The van der Waals surface area contributed by atoms with Crippen LogP contribution in [0.5, 0.6) is 0 Å². The molecule has 5 rings (SSSR count). The minimum atomic E-state index is -0.389. The van der Waals surface area contributed by atoms with E-state index in [1.807, 2.05) is 42.5 Å². The van der Waals surface area contributed by atoms with Gasteiger partial charge in [0.2, 0.25) is 0 Å². The molecule has 0 saturated heterocycles. The molecule has 2 aliphatic rings. The number of benzene rings is 2. The number of hydrogen-bond donors (Lipinski definition) is 2. The fourth-order valence-corrected chi connectivity index (χ4v) is 4.22. The van der Waals surface area contributed by atoms with Crippen LogP contribution in [0.4, 0.5) is 11.5 Å². The third kappa shape index (κ3) is 3.19. The van der Waals surface area contributed by atoms with Crippen LogP contribution in [0.15, 0.2) is 72.1 Å². The summed E-state index contributed by atoms with van der Waals surface area (Å²) in [6.07, 6.45) is 3.61. The van der Waals surface area contributed by atoms with E-state index in [1.165, 1.54) is 0 Å². The van der Waals surface area contributed by atoms with Crippen molar-refractivity contribution < 1.29 is 9.59 Å². The van der Waals surface area contributed by atoms with Gasteiger partial charge in [0.25, 0.3) is 5.91 Å². The van der Waals surface area contributed by atoms with Gasteiger partial charge in [0.1, 0.15) is 17.4 Å². The second-order valence-electron chi connectivity index (χ2n) is 7.42. The number of halogens is 1. The molecule has 6 nitrogen and oxygen atoms in total. The number of Topliss-reactive ketones (excluding diaryl/α,β-unsaturated/α-hetero) is 1. The lowest BCUT2D eigenvalue weighted by Gasteiger charge is -2.33. The molecule has 30 heavy (non-hydrogen) atoms. The van der Waals surface area contributed by atoms with Gasteiger partial charge in [-0.1, -0.05) is 41.9 Å². The van der Waals surface area contributed by atoms with Gasteiger partial charge in [-0.25, -0.2) is 4.68 Å². The number of amides is 1. The Morgan fingerprint density at radius 1 is 1.10 bits per heavy atom. The Morgan fingerprint density at radius 3 is 2.63 bits per heavy atom. The summed E-state index contributed by atoms with van der Waals surface area (Å²) in [7, 11) is 0. The van der Waals surface area contributed by atoms with E-state index in [4.69, 9.17) is 11.6 Å². The number of fused-ring (bicyclic) bond motifs is 1. The van der Waals surface area contributed by atoms with Crippen molar-refractivity contribution in [3.05, 3.63) is 88.2 Å². The van der Waals surface area contributed by atoms with Crippen molar-refractivity contribution >= 4 is 34.8 Å². The molecule has 2 N–H and O–H groups in total. The van der Waals surface area contributed by atoms with E-state index in [9.17, 15) is 9.59 Å². The predicted molar refractivity (Wildman–Crippen MR) is 116 cm³/mol. The molecule has 1 amide bonds. The van der Waals surface area contributed by atoms with E-state index in [2.05, 4.69) is 15.7 Å². The van der Waals surface area contributed by atoms with Crippen LogP contribution in [-0.4, -0.2) is 21.5 Å². The van der Waals surface area contributed by atoms with Crippen LogP contribution in [0, 0.1) is 0 Å². The zero-order chi connectivity index (χ0) is 20.7. The number of allylic oxidation sites excluding steroid dienone is 2. The summed E-state index contributed by atoms with van der Waals surface area (Å²) >= 11 is 6.07. The second-order valence-corrected chi connectivity index (χ2v) is 7.86. The summed E-state index contributed by atoms with van der Waals surface area (Å²) in [6, 6.07) is 16.3. The van der Waals surface area contributed by atoms with Crippen LogP contribution >= 0.6 is 11.6 Å². The smallest absolute Gasteiger partial charge is 0.261 e. The minimum absolute atomic E-state index is 0.111. The van der Waals surface area contributed by atoms with Crippen LogP contribution in [0.25, 0.3) is 0 Å². The summed E-state index contributed by atoms with van der Waals surface area (Å²) in [5.74, 6) is 0.452. The SMILES string of the molecule is O=C1CCCC2=C1[C@H](c1ccc(Cl)cc1)n1ncc(C(=O)Nc3ccccc3)c1N2. The van der Waals surface area contributed by atoms with E-state index in [1.54, 1.807) is 23.0 Å². The molecule has 1 aromatic heterocycles. The number of ketones is 1. The van der Waals surface area contributed by atoms with Crippen molar-refractivity contribution in [2.45, 2.75) is 25.3 Å². The highest BCUT2D eigenvalue weighted by molar-refractivity contribution is 6.30. The first-order chi connectivity index (χ1) is 14.6. The topological polar surface area (TPSA) is 76.0 Å². The molecular weight excluding hydrogens is 400 g/mol. The average molecular weight is 419 g/mol. The van der Waals surface area contributed by atoms with E-state index < -0.39 is 0 Å². The molecule has 0 spiro atoms. The summed E-state index contributed by atoms with van der Waals surface area (Å²) in [5, 5.41) is 11.4. The lowest BCUT2D eigenvalue weighted by atomic mass is 9.85. The Hall–Kier alpha value is -3.38. The molecule has 150 valence electrons. The van der Waals surface area contributed by atoms with Gasteiger partial charge < -0.3 is 10.6 Å². The summed E-state index contributed by atoms with van der Waals surface area (Å²) in [5.41, 5.74) is 3.63. The first-order valence-electron chi connectivity index (χ1n) is 9.84. The highest BCUT2D eigenvalue weighted by Gasteiger charge is 2.37. The van der Waals surface area contributed by atoms with E-state index in [-0.39, 0.29) is 17.7 Å². The Labute approximate surface area is 178 Å². The zero-order valence-corrected chi connectivity index (χ0v) is 16.8. The zero-order valence-electron chi connectivity index (χ0n) is 16.1. The van der Waals surface area contributed by atoms with E-state index in [0.717, 1.165) is 24.1 Å². The van der Waals surface area contributed by atoms with Crippen molar-refractivity contribution in [3.63, 3.8) is 0 Å². The second kappa shape index (κ2) is 7.46. The van der Waals surface area contributed by atoms with Gasteiger partial charge in [0, 0.05) is 28.4 Å². The number of rotatable bonds is 3. The maximum atomic E-state index is 13.0. The number of carbonyl (C=O) groups is 2. The van der Waals surface area contributed by atoms with Gasteiger partial charge in [-0.15, -0.1) is 0 Å². The van der Waals surface area contributed by atoms with Gasteiger partial charge >= 0.3 is 0 Å². The highest BCUT2D eigenvalue weighted by Crippen LogP contribution is 2.41. The molecule has 0 saturated carbocycles. The molecule has 1 aliphatic carbocycles. The van der Waals surface area contributed by atoms with E-state index >= 15 is 0 Å². The van der Waals surface area contributed by atoms with Crippen LogP contribution in [0.3, 0.4) is 0 Å². The molecule has 3 aromatic rings. The summed E-state index contributed by atoms with van der Waals surface area (Å²) in [4.78, 5) is 25.8. The molecular formula is C23H19ClN4O2. The lowest BCUT2D eigenvalue weighted by Crippen LogP contribution is -2.32. The monoisotopic (exact) mass is 418 g/mol. The molecule has 7 heteroatoms. The Bertz CT molecular complexity index is 1170. The summed E-state index contributed by atoms with van der Waals surface area (Å²) < 4.78 is 1.73. The maximum Gasteiger partial charge on any atom is 0.261 e. The number of para-hydroxylation sites is 1. The molecule has 0 unspecified atom stereocenters.